The number of carbonyl (C=O) groups is 3. The van der Waals surface area contributed by atoms with E-state index >= 15 is 0 Å². The summed E-state index contributed by atoms with van der Waals surface area (Å²) in [4.78, 5) is 36.2. The van der Waals surface area contributed by atoms with Gasteiger partial charge in [-0.3, -0.25) is 9.59 Å². The summed E-state index contributed by atoms with van der Waals surface area (Å²) < 4.78 is 0. The van der Waals surface area contributed by atoms with Gasteiger partial charge in [0.1, 0.15) is 0 Å². The minimum Gasteiger partial charge on any atom is -0.478 e. The van der Waals surface area contributed by atoms with E-state index in [0.717, 1.165) is 37.0 Å². The predicted molar refractivity (Wildman–Crippen MR) is 105 cm³/mol. The van der Waals surface area contributed by atoms with Crippen LogP contribution in [0.1, 0.15) is 61.7 Å². The Hall–Kier alpha value is -2.37. The molecule has 0 aliphatic heterocycles. The zero-order valence-electron chi connectivity index (χ0n) is 16.1. The van der Waals surface area contributed by atoms with Crippen LogP contribution in [0.5, 0.6) is 0 Å². The van der Waals surface area contributed by atoms with Crippen molar-refractivity contribution < 1.29 is 19.5 Å². The van der Waals surface area contributed by atoms with Crippen LogP contribution in [0.2, 0.25) is 0 Å². The average molecular weight is 384 g/mol. The van der Waals surface area contributed by atoms with Gasteiger partial charge >= 0.3 is 5.97 Å². The zero-order chi connectivity index (χ0) is 19.7. The number of para-hydroxylation sites is 1. The third kappa shape index (κ3) is 3.77. The summed E-state index contributed by atoms with van der Waals surface area (Å²) in [7, 11) is 0. The lowest BCUT2D eigenvalue weighted by atomic mass is 9.49. The van der Waals surface area contributed by atoms with Gasteiger partial charge in [-0.1, -0.05) is 12.1 Å². The van der Waals surface area contributed by atoms with Gasteiger partial charge in [-0.15, -0.1) is 0 Å². The number of rotatable bonds is 7. The van der Waals surface area contributed by atoms with Crippen LogP contribution in [0.3, 0.4) is 0 Å². The SMILES string of the molecule is O=C(CCCNC(=O)C12CC3CC(CC(C3)C1)C2)Nc1ccccc1C(=O)O. The van der Waals surface area contributed by atoms with E-state index in [9.17, 15) is 19.5 Å². The zero-order valence-corrected chi connectivity index (χ0v) is 16.1. The van der Waals surface area contributed by atoms with Gasteiger partial charge in [0.2, 0.25) is 11.8 Å². The second kappa shape index (κ2) is 7.57. The Morgan fingerprint density at radius 2 is 1.61 bits per heavy atom. The van der Waals surface area contributed by atoms with Crippen molar-refractivity contribution in [3.05, 3.63) is 29.8 Å². The molecule has 6 nitrogen and oxygen atoms in total. The van der Waals surface area contributed by atoms with E-state index < -0.39 is 5.97 Å². The minimum absolute atomic E-state index is 0.0750. The fourth-order valence-corrected chi connectivity index (χ4v) is 6.02. The lowest BCUT2D eigenvalue weighted by Gasteiger charge is -2.55. The summed E-state index contributed by atoms with van der Waals surface area (Å²) in [6, 6.07) is 6.35. The molecule has 2 amide bonds. The molecule has 4 saturated carbocycles. The summed E-state index contributed by atoms with van der Waals surface area (Å²) >= 11 is 0. The molecule has 4 fully saturated rings. The van der Waals surface area contributed by atoms with E-state index in [0.29, 0.717) is 18.7 Å². The summed E-state index contributed by atoms with van der Waals surface area (Å²) in [5, 5.41) is 14.9. The van der Waals surface area contributed by atoms with Crippen molar-refractivity contribution in [3.63, 3.8) is 0 Å². The van der Waals surface area contributed by atoms with Gasteiger partial charge < -0.3 is 15.7 Å². The normalized spacial score (nSPS) is 30.1. The van der Waals surface area contributed by atoms with Crippen molar-refractivity contribution in [3.8, 4) is 0 Å². The topological polar surface area (TPSA) is 95.5 Å². The van der Waals surface area contributed by atoms with E-state index in [2.05, 4.69) is 10.6 Å². The molecule has 0 heterocycles. The van der Waals surface area contributed by atoms with E-state index in [1.165, 1.54) is 25.3 Å². The molecule has 4 aliphatic carbocycles. The molecular weight excluding hydrogens is 356 g/mol. The number of carboxylic acids is 1. The maximum atomic E-state index is 12.9. The molecule has 28 heavy (non-hydrogen) atoms. The largest absolute Gasteiger partial charge is 0.478 e. The van der Waals surface area contributed by atoms with Crippen molar-refractivity contribution in [2.75, 3.05) is 11.9 Å². The predicted octanol–water partition coefficient (Wildman–Crippen LogP) is 3.44. The summed E-state index contributed by atoms with van der Waals surface area (Å²) in [5.74, 6) is 1.07. The summed E-state index contributed by atoms with van der Waals surface area (Å²) in [6.07, 6.45) is 7.83. The van der Waals surface area contributed by atoms with Crippen LogP contribution >= 0.6 is 0 Å². The highest BCUT2D eigenvalue weighted by molar-refractivity contribution is 6.00. The molecule has 5 rings (SSSR count). The first-order valence-corrected chi connectivity index (χ1v) is 10.4. The van der Waals surface area contributed by atoms with Crippen molar-refractivity contribution in [1.82, 2.24) is 5.32 Å². The lowest BCUT2D eigenvalue weighted by molar-refractivity contribution is -0.146. The molecule has 0 saturated heterocycles. The first-order valence-electron chi connectivity index (χ1n) is 10.4. The maximum Gasteiger partial charge on any atom is 0.337 e. The van der Waals surface area contributed by atoms with Crippen LogP contribution in [0.25, 0.3) is 0 Å². The Balaban J connectivity index is 1.23. The lowest BCUT2D eigenvalue weighted by Crippen LogP contribution is -2.53. The molecule has 6 heteroatoms. The molecule has 0 atom stereocenters. The fraction of sp³-hybridized carbons (Fsp3) is 0.591. The molecular formula is C22H28N2O4. The molecule has 0 radical (unpaired) electrons. The molecule has 0 spiro atoms. The number of amides is 2. The molecule has 3 N–H and O–H groups in total. The van der Waals surface area contributed by atoms with Crippen LogP contribution in [0.15, 0.2) is 24.3 Å². The number of hydrogen-bond donors (Lipinski definition) is 3. The molecule has 1 aromatic carbocycles. The highest BCUT2D eigenvalue weighted by Crippen LogP contribution is 2.60. The number of benzene rings is 1. The van der Waals surface area contributed by atoms with Gasteiger partial charge in [0.05, 0.1) is 11.3 Å². The molecule has 0 aromatic heterocycles. The number of nitrogens with one attached hydrogen (secondary N) is 2. The molecule has 4 aliphatic rings. The van der Waals surface area contributed by atoms with E-state index in [-0.39, 0.29) is 29.2 Å². The molecule has 1 aromatic rings. The van der Waals surface area contributed by atoms with Crippen LogP contribution in [0.4, 0.5) is 5.69 Å². The van der Waals surface area contributed by atoms with Crippen LogP contribution in [0, 0.1) is 23.2 Å². The maximum absolute atomic E-state index is 12.9. The van der Waals surface area contributed by atoms with Crippen molar-refractivity contribution in [2.24, 2.45) is 23.2 Å². The number of carboxylic acid groups (broad SMARTS) is 1. The Labute approximate surface area is 165 Å². The Morgan fingerprint density at radius 1 is 1.00 bits per heavy atom. The number of hydrogen-bond acceptors (Lipinski definition) is 3. The van der Waals surface area contributed by atoms with Crippen LogP contribution < -0.4 is 10.6 Å². The van der Waals surface area contributed by atoms with E-state index in [1.807, 2.05) is 0 Å². The van der Waals surface area contributed by atoms with Gasteiger partial charge in [0.25, 0.3) is 0 Å². The third-order valence-corrected chi connectivity index (χ3v) is 6.82. The van der Waals surface area contributed by atoms with Gasteiger partial charge in [0, 0.05) is 18.4 Å². The minimum atomic E-state index is -1.07. The standard InChI is InChI=1S/C22H28N2O4/c25-19(24-18-5-2-1-4-17(18)20(26)27)6-3-7-23-21(28)22-11-14-8-15(12-22)10-16(9-14)13-22/h1-2,4-5,14-16H,3,6-13H2,(H,23,28)(H,24,25)(H,26,27). The van der Waals surface area contributed by atoms with Gasteiger partial charge in [-0.25, -0.2) is 4.79 Å². The smallest absolute Gasteiger partial charge is 0.337 e. The van der Waals surface area contributed by atoms with Crippen LogP contribution in [-0.4, -0.2) is 29.4 Å². The highest BCUT2D eigenvalue weighted by atomic mass is 16.4. The second-order valence-electron chi connectivity index (χ2n) is 8.96. The first-order chi connectivity index (χ1) is 13.4. The van der Waals surface area contributed by atoms with Crippen molar-refractivity contribution in [2.45, 2.75) is 51.4 Å². The Bertz CT molecular complexity index is 753. The average Bonchev–Trinajstić information content (AvgIpc) is 2.64. The van der Waals surface area contributed by atoms with Gasteiger partial charge in [-0.05, 0) is 74.8 Å². The molecule has 150 valence electrons. The van der Waals surface area contributed by atoms with Gasteiger partial charge in [-0.2, -0.15) is 0 Å². The summed E-state index contributed by atoms with van der Waals surface area (Å²) in [5.41, 5.74) is 0.223. The molecule has 4 bridgehead atoms. The fourth-order valence-electron chi connectivity index (χ4n) is 6.02. The van der Waals surface area contributed by atoms with Crippen LogP contribution in [-0.2, 0) is 9.59 Å². The van der Waals surface area contributed by atoms with Gasteiger partial charge in [0.15, 0.2) is 0 Å². The Kier molecular flexibility index (Phi) is 5.13. The van der Waals surface area contributed by atoms with E-state index in [4.69, 9.17) is 0 Å². The quantitative estimate of drug-likeness (QED) is 0.628. The number of aromatic carboxylic acids is 1. The summed E-state index contributed by atoms with van der Waals surface area (Å²) in [6.45, 7) is 0.481. The molecule has 0 unspecified atom stereocenters. The van der Waals surface area contributed by atoms with Crippen molar-refractivity contribution in [1.29, 1.82) is 0 Å². The first kappa shape index (κ1) is 19.0. The van der Waals surface area contributed by atoms with E-state index in [1.54, 1.807) is 18.2 Å². The second-order valence-corrected chi connectivity index (χ2v) is 8.96. The van der Waals surface area contributed by atoms with Crippen molar-refractivity contribution >= 4 is 23.5 Å². The number of carbonyl (C=O) groups excluding carboxylic acids is 2. The monoisotopic (exact) mass is 384 g/mol. The number of anilines is 1. The Morgan fingerprint density at radius 3 is 2.21 bits per heavy atom. The third-order valence-electron chi connectivity index (χ3n) is 6.82. The highest BCUT2D eigenvalue weighted by Gasteiger charge is 2.54.